The van der Waals surface area contributed by atoms with E-state index >= 15 is 0 Å². The zero-order valence-corrected chi connectivity index (χ0v) is 16.3. The summed E-state index contributed by atoms with van der Waals surface area (Å²) in [5.41, 5.74) is -0.314. The Labute approximate surface area is 167 Å². The van der Waals surface area contributed by atoms with Gasteiger partial charge in [-0.2, -0.15) is 12.6 Å². The van der Waals surface area contributed by atoms with Gasteiger partial charge in [-0.25, -0.2) is 0 Å². The fraction of sp³-hybridized carbons (Fsp3) is 0.474. The molecule has 2 fully saturated rings. The minimum atomic E-state index is -1.52. The Bertz CT molecular complexity index is 826. The molecule has 8 nitrogen and oxygen atoms in total. The maximum atomic E-state index is 12.7. The van der Waals surface area contributed by atoms with E-state index in [1.807, 2.05) is 0 Å². The molecule has 0 aliphatic heterocycles. The quantitative estimate of drug-likeness (QED) is 0.324. The number of thiol groups is 1. The van der Waals surface area contributed by atoms with Gasteiger partial charge in [0.25, 0.3) is 5.91 Å². The molecule has 9 heteroatoms. The van der Waals surface area contributed by atoms with Gasteiger partial charge in [0, 0.05) is 31.9 Å². The Morgan fingerprint density at radius 1 is 1.25 bits per heavy atom. The van der Waals surface area contributed by atoms with Crippen LogP contribution in [0.25, 0.3) is 0 Å². The van der Waals surface area contributed by atoms with Gasteiger partial charge in [0.15, 0.2) is 6.10 Å². The van der Waals surface area contributed by atoms with E-state index in [1.165, 1.54) is 0 Å². The molecule has 0 saturated heterocycles. The summed E-state index contributed by atoms with van der Waals surface area (Å²) in [7, 11) is 0. The average Bonchev–Trinajstić information content (AvgIpc) is 3.48. The number of carbonyl (C=O) groups is 4. The molecule has 0 radical (unpaired) electrons. The van der Waals surface area contributed by atoms with Crippen molar-refractivity contribution in [3.05, 3.63) is 35.4 Å². The standard InChI is InChI=1S/C19H21NO7S/c1-10(22)26-15(16(27-11(2)23)19(25)14-7-18(14,19)28)17(24)20-8-12-3-5-13(9-21)6-4-12/h3-6,9,14-16,25,28H,7-8H2,1-2H3,(H,20,24). The number of ether oxygens (including phenoxy) is 2. The number of hydrogen-bond acceptors (Lipinski definition) is 8. The van der Waals surface area contributed by atoms with E-state index < -0.39 is 40.4 Å². The Morgan fingerprint density at radius 2 is 1.82 bits per heavy atom. The van der Waals surface area contributed by atoms with E-state index in [2.05, 4.69) is 17.9 Å². The molecule has 2 N–H and O–H groups in total. The third-order valence-corrected chi connectivity index (χ3v) is 6.06. The Balaban J connectivity index is 1.75. The summed E-state index contributed by atoms with van der Waals surface area (Å²) in [6.45, 7) is 2.36. The number of fused-ring (bicyclic) bond motifs is 1. The smallest absolute Gasteiger partial charge is 0.303 e. The average molecular weight is 407 g/mol. The normalized spacial score (nSPS) is 28.9. The number of hydrogen-bond donors (Lipinski definition) is 3. The molecule has 3 rings (SSSR count). The van der Waals surface area contributed by atoms with Crippen LogP contribution < -0.4 is 5.32 Å². The van der Waals surface area contributed by atoms with E-state index in [4.69, 9.17) is 9.47 Å². The first-order valence-electron chi connectivity index (χ1n) is 8.74. The molecule has 2 saturated carbocycles. The monoisotopic (exact) mass is 407 g/mol. The van der Waals surface area contributed by atoms with Gasteiger partial charge in [0.1, 0.15) is 11.9 Å². The van der Waals surface area contributed by atoms with Crippen LogP contribution in [0.5, 0.6) is 0 Å². The first-order chi connectivity index (χ1) is 13.1. The van der Waals surface area contributed by atoms with E-state index in [0.717, 1.165) is 13.8 Å². The molecule has 1 aromatic rings. The Morgan fingerprint density at radius 3 is 2.25 bits per heavy atom. The third-order valence-electron chi connectivity index (χ3n) is 5.21. The summed E-state index contributed by atoms with van der Waals surface area (Å²) >= 11 is 4.39. The topological polar surface area (TPSA) is 119 Å². The molecule has 0 bridgehead atoms. The van der Waals surface area contributed by atoms with Crippen LogP contribution in [0.1, 0.15) is 36.2 Å². The summed E-state index contributed by atoms with van der Waals surface area (Å²) in [6, 6.07) is 6.54. The van der Waals surface area contributed by atoms with Crippen LogP contribution in [0.3, 0.4) is 0 Å². The predicted octanol–water partition coefficient (Wildman–Crippen LogP) is 0.412. The fourth-order valence-corrected chi connectivity index (χ4v) is 4.09. The van der Waals surface area contributed by atoms with Crippen LogP contribution in [-0.2, 0) is 30.4 Å². The third kappa shape index (κ3) is 3.51. The lowest BCUT2D eigenvalue weighted by Gasteiger charge is -2.33. The van der Waals surface area contributed by atoms with Gasteiger partial charge in [-0.3, -0.25) is 19.2 Å². The van der Waals surface area contributed by atoms with Crippen molar-refractivity contribution in [1.29, 1.82) is 0 Å². The largest absolute Gasteiger partial charge is 0.455 e. The number of benzene rings is 1. The zero-order chi connectivity index (χ0) is 20.7. The van der Waals surface area contributed by atoms with Crippen LogP contribution in [0.15, 0.2) is 24.3 Å². The molecule has 0 spiro atoms. The molecular weight excluding hydrogens is 386 g/mol. The van der Waals surface area contributed by atoms with Crippen LogP contribution in [0, 0.1) is 5.92 Å². The van der Waals surface area contributed by atoms with Gasteiger partial charge < -0.3 is 19.9 Å². The number of aliphatic hydroxyl groups is 1. The van der Waals surface area contributed by atoms with Crippen LogP contribution in [0.4, 0.5) is 0 Å². The van der Waals surface area contributed by atoms with Crippen molar-refractivity contribution in [2.45, 2.75) is 49.4 Å². The minimum absolute atomic E-state index is 0.0937. The lowest BCUT2D eigenvalue weighted by molar-refractivity contribution is -0.185. The van der Waals surface area contributed by atoms with Gasteiger partial charge >= 0.3 is 11.9 Å². The summed E-state index contributed by atoms with van der Waals surface area (Å²) in [6.07, 6.45) is -1.54. The van der Waals surface area contributed by atoms with Gasteiger partial charge in [0.05, 0.1) is 4.75 Å². The second-order valence-corrected chi connectivity index (χ2v) is 7.94. The van der Waals surface area contributed by atoms with E-state index in [0.29, 0.717) is 23.8 Å². The highest BCUT2D eigenvalue weighted by Crippen LogP contribution is 2.80. The highest BCUT2D eigenvalue weighted by Gasteiger charge is 2.92. The molecule has 0 aromatic heterocycles. The Hall–Kier alpha value is -2.39. The van der Waals surface area contributed by atoms with Gasteiger partial charge in [-0.05, 0) is 12.0 Å². The number of aldehydes is 1. The lowest BCUT2D eigenvalue weighted by Crippen LogP contribution is -2.56. The second-order valence-electron chi connectivity index (χ2n) is 7.14. The molecule has 2 aliphatic rings. The van der Waals surface area contributed by atoms with Gasteiger partial charge in [-0.15, -0.1) is 0 Å². The number of esters is 2. The highest BCUT2D eigenvalue weighted by atomic mass is 32.1. The first-order valence-corrected chi connectivity index (χ1v) is 9.19. The number of rotatable bonds is 8. The first kappa shape index (κ1) is 20.3. The predicted molar refractivity (Wildman–Crippen MR) is 99.6 cm³/mol. The molecule has 1 amide bonds. The number of nitrogens with one attached hydrogen (secondary N) is 1. The second kappa shape index (κ2) is 7.21. The maximum absolute atomic E-state index is 12.7. The van der Waals surface area contributed by atoms with Crippen molar-refractivity contribution < 1.29 is 33.8 Å². The summed E-state index contributed by atoms with van der Waals surface area (Å²) in [5, 5.41) is 13.4. The minimum Gasteiger partial charge on any atom is -0.455 e. The maximum Gasteiger partial charge on any atom is 0.303 e. The zero-order valence-electron chi connectivity index (χ0n) is 15.4. The van der Waals surface area contributed by atoms with Crippen molar-refractivity contribution in [2.24, 2.45) is 5.92 Å². The van der Waals surface area contributed by atoms with Crippen molar-refractivity contribution in [2.75, 3.05) is 0 Å². The molecule has 1 aromatic carbocycles. The van der Waals surface area contributed by atoms with Gasteiger partial charge in [-0.1, -0.05) is 24.3 Å². The molecule has 28 heavy (non-hydrogen) atoms. The van der Waals surface area contributed by atoms with Crippen molar-refractivity contribution in [3.63, 3.8) is 0 Å². The van der Waals surface area contributed by atoms with Crippen molar-refractivity contribution in [3.8, 4) is 0 Å². The highest BCUT2D eigenvalue weighted by molar-refractivity contribution is 7.82. The lowest BCUT2D eigenvalue weighted by atomic mass is 9.95. The van der Waals surface area contributed by atoms with E-state index in [-0.39, 0.29) is 12.5 Å². The Kier molecular flexibility index (Phi) is 5.24. The molecule has 2 aliphatic carbocycles. The SMILES string of the molecule is CC(=O)OC(C(=O)NCc1ccc(C=O)cc1)C(OC(C)=O)C1(O)C2CC21S. The molecular formula is C19H21NO7S. The number of carbonyl (C=O) groups excluding carboxylic acids is 4. The van der Waals surface area contributed by atoms with Crippen molar-refractivity contribution >= 4 is 36.8 Å². The summed E-state index contributed by atoms with van der Waals surface area (Å²) in [5.74, 6) is -2.40. The van der Waals surface area contributed by atoms with E-state index in [1.54, 1.807) is 24.3 Å². The fourth-order valence-electron chi connectivity index (χ4n) is 3.49. The van der Waals surface area contributed by atoms with E-state index in [9.17, 15) is 24.3 Å². The molecule has 0 heterocycles. The van der Waals surface area contributed by atoms with Crippen LogP contribution >= 0.6 is 12.6 Å². The number of amides is 1. The molecule has 5 atom stereocenters. The van der Waals surface area contributed by atoms with Crippen LogP contribution in [0.2, 0.25) is 0 Å². The van der Waals surface area contributed by atoms with Gasteiger partial charge in [0.2, 0.25) is 6.10 Å². The van der Waals surface area contributed by atoms with Crippen molar-refractivity contribution in [1.82, 2.24) is 5.32 Å². The van der Waals surface area contributed by atoms with Crippen LogP contribution in [-0.4, -0.2) is 51.8 Å². The molecule has 5 unspecified atom stereocenters. The molecule has 150 valence electrons. The summed E-state index contributed by atoms with van der Waals surface area (Å²) in [4.78, 5) is 46.5. The summed E-state index contributed by atoms with van der Waals surface area (Å²) < 4.78 is 9.57.